The van der Waals surface area contributed by atoms with Crippen molar-refractivity contribution in [2.45, 2.75) is 65.7 Å². The van der Waals surface area contributed by atoms with Crippen LogP contribution in [-0.4, -0.2) is 50.8 Å². The van der Waals surface area contributed by atoms with Crippen molar-refractivity contribution in [2.24, 2.45) is 16.7 Å². The third-order valence-electron chi connectivity index (χ3n) is 7.55. The van der Waals surface area contributed by atoms with Crippen LogP contribution in [0.15, 0.2) is 18.2 Å². The molecule has 0 bridgehead atoms. The molecule has 0 radical (unpaired) electrons. The highest BCUT2D eigenvalue weighted by Gasteiger charge is 2.40. The van der Waals surface area contributed by atoms with E-state index in [4.69, 9.17) is 4.74 Å². The second-order valence-electron chi connectivity index (χ2n) is 11.7. The molecule has 0 atom stereocenters. The zero-order valence-corrected chi connectivity index (χ0v) is 19.6. The van der Waals surface area contributed by atoms with Gasteiger partial charge < -0.3 is 9.64 Å². The smallest absolute Gasteiger partial charge is 0.123 e. The molecule has 2 saturated heterocycles. The lowest BCUT2D eigenvalue weighted by molar-refractivity contribution is 0.0517. The first-order chi connectivity index (χ1) is 14.2. The van der Waals surface area contributed by atoms with Crippen molar-refractivity contribution in [1.29, 1.82) is 0 Å². The Morgan fingerprint density at radius 2 is 1.60 bits per heavy atom. The number of rotatable bonds is 4. The van der Waals surface area contributed by atoms with E-state index in [2.05, 4.69) is 37.5 Å². The monoisotopic (exact) mass is 416 g/mol. The lowest BCUT2D eigenvalue weighted by Gasteiger charge is -2.46. The van der Waals surface area contributed by atoms with Crippen LogP contribution in [-0.2, 0) is 4.74 Å². The van der Waals surface area contributed by atoms with Gasteiger partial charge in [-0.3, -0.25) is 4.90 Å². The van der Waals surface area contributed by atoms with Crippen LogP contribution in [0.1, 0.15) is 71.3 Å². The minimum absolute atomic E-state index is 0.0897. The van der Waals surface area contributed by atoms with E-state index < -0.39 is 0 Å². The highest BCUT2D eigenvalue weighted by atomic mass is 19.1. The number of hydrogen-bond donors (Lipinski definition) is 0. The molecule has 1 saturated carbocycles. The summed E-state index contributed by atoms with van der Waals surface area (Å²) < 4.78 is 19.9. The Morgan fingerprint density at radius 3 is 2.23 bits per heavy atom. The summed E-state index contributed by atoms with van der Waals surface area (Å²) in [5.74, 6) is 1.14. The summed E-state index contributed by atoms with van der Waals surface area (Å²) in [5, 5.41) is 0. The number of hydrogen-bond acceptors (Lipinski definition) is 3. The van der Waals surface area contributed by atoms with Crippen LogP contribution in [0.4, 0.5) is 10.1 Å². The Kier molecular flexibility index (Phi) is 6.46. The molecule has 3 aliphatic rings. The van der Waals surface area contributed by atoms with Gasteiger partial charge in [0.25, 0.3) is 0 Å². The van der Waals surface area contributed by atoms with Crippen LogP contribution in [0.25, 0.3) is 0 Å². The van der Waals surface area contributed by atoms with E-state index in [1.54, 1.807) is 6.07 Å². The Balaban J connectivity index is 1.46. The maximum absolute atomic E-state index is 14.3. The largest absolute Gasteiger partial charge is 0.381 e. The first-order valence-electron chi connectivity index (χ1n) is 12.1. The predicted octanol–water partition coefficient (Wildman–Crippen LogP) is 5.69. The molecule has 3 fully saturated rings. The van der Waals surface area contributed by atoms with Gasteiger partial charge in [-0.25, -0.2) is 4.39 Å². The van der Waals surface area contributed by atoms with Gasteiger partial charge in [0.15, 0.2) is 0 Å². The molecule has 1 aromatic rings. The minimum Gasteiger partial charge on any atom is -0.381 e. The summed E-state index contributed by atoms with van der Waals surface area (Å²) in [5.41, 5.74) is 3.13. The third kappa shape index (κ3) is 5.37. The Morgan fingerprint density at radius 1 is 0.967 bits per heavy atom. The van der Waals surface area contributed by atoms with Gasteiger partial charge in [-0.05, 0) is 78.5 Å². The van der Waals surface area contributed by atoms with E-state index in [1.807, 2.05) is 12.1 Å². The molecule has 2 heterocycles. The van der Waals surface area contributed by atoms with Crippen LogP contribution in [0.5, 0.6) is 0 Å². The van der Waals surface area contributed by atoms with Crippen LogP contribution < -0.4 is 4.90 Å². The van der Waals surface area contributed by atoms with Crippen LogP contribution in [0, 0.1) is 22.6 Å². The van der Waals surface area contributed by atoms with Gasteiger partial charge in [0.05, 0.1) is 0 Å². The maximum Gasteiger partial charge on any atom is 0.123 e. The Bertz CT molecular complexity index is 702. The quantitative estimate of drug-likeness (QED) is 0.627. The molecule has 0 unspecified atom stereocenters. The van der Waals surface area contributed by atoms with Crippen molar-refractivity contribution < 1.29 is 9.13 Å². The van der Waals surface area contributed by atoms with Crippen molar-refractivity contribution in [2.75, 3.05) is 50.8 Å². The lowest BCUT2D eigenvalue weighted by Crippen LogP contribution is -2.48. The molecule has 4 heteroatoms. The molecule has 4 rings (SSSR count). The molecule has 1 aromatic carbocycles. The summed E-state index contributed by atoms with van der Waals surface area (Å²) >= 11 is 0. The first kappa shape index (κ1) is 22.1. The molecule has 1 aliphatic carbocycles. The Labute approximate surface area is 183 Å². The van der Waals surface area contributed by atoms with E-state index in [9.17, 15) is 4.39 Å². The van der Waals surface area contributed by atoms with Gasteiger partial charge in [0.2, 0.25) is 0 Å². The predicted molar refractivity (Wildman–Crippen MR) is 123 cm³/mol. The summed E-state index contributed by atoms with van der Waals surface area (Å²) in [6, 6.07) is 5.55. The van der Waals surface area contributed by atoms with Gasteiger partial charge in [-0.2, -0.15) is 0 Å². The average molecular weight is 417 g/mol. The summed E-state index contributed by atoms with van der Waals surface area (Å²) in [7, 11) is 0. The van der Waals surface area contributed by atoms with Crippen LogP contribution in [0.3, 0.4) is 0 Å². The molecular formula is C26H41FN2O. The van der Waals surface area contributed by atoms with Gasteiger partial charge in [0.1, 0.15) is 5.82 Å². The van der Waals surface area contributed by atoms with Gasteiger partial charge in [-0.15, -0.1) is 0 Å². The summed E-state index contributed by atoms with van der Waals surface area (Å²) in [6.45, 7) is 16.9. The fourth-order valence-corrected chi connectivity index (χ4v) is 6.67. The number of benzene rings is 1. The van der Waals surface area contributed by atoms with Crippen molar-refractivity contribution in [3.8, 4) is 0 Å². The molecule has 0 N–H and O–H groups in total. The zero-order chi connectivity index (χ0) is 21.4. The third-order valence-corrected chi connectivity index (χ3v) is 7.55. The van der Waals surface area contributed by atoms with E-state index >= 15 is 0 Å². The average Bonchev–Trinajstić information content (AvgIpc) is 2.67. The number of anilines is 1. The number of piperazine rings is 1. The second kappa shape index (κ2) is 8.78. The normalized spacial score (nSPS) is 26.1. The summed E-state index contributed by atoms with van der Waals surface area (Å²) in [4.78, 5) is 5.15. The zero-order valence-electron chi connectivity index (χ0n) is 19.6. The summed E-state index contributed by atoms with van der Waals surface area (Å²) in [6.07, 6.45) is 5.95. The van der Waals surface area contributed by atoms with Crippen LogP contribution in [0.2, 0.25) is 0 Å². The van der Waals surface area contributed by atoms with E-state index in [1.165, 1.54) is 37.1 Å². The number of nitrogens with zero attached hydrogens (tertiary/aromatic N) is 2. The second-order valence-corrected chi connectivity index (χ2v) is 11.7. The molecule has 3 nitrogen and oxygen atoms in total. The fourth-order valence-electron chi connectivity index (χ4n) is 6.67. The highest BCUT2D eigenvalue weighted by Crippen LogP contribution is 2.53. The van der Waals surface area contributed by atoms with Crippen molar-refractivity contribution in [1.82, 2.24) is 4.90 Å². The molecule has 2 aliphatic heterocycles. The number of halogens is 1. The van der Waals surface area contributed by atoms with Crippen molar-refractivity contribution in [3.63, 3.8) is 0 Å². The Hall–Kier alpha value is -1.13. The molecule has 0 aromatic heterocycles. The number of ether oxygens (including phenoxy) is 1. The molecule has 0 amide bonds. The highest BCUT2D eigenvalue weighted by molar-refractivity contribution is 5.56. The van der Waals surface area contributed by atoms with E-state index in [0.29, 0.717) is 16.7 Å². The van der Waals surface area contributed by atoms with Gasteiger partial charge in [-0.1, -0.05) is 27.7 Å². The maximum atomic E-state index is 14.3. The van der Waals surface area contributed by atoms with E-state index in [0.717, 1.165) is 58.2 Å². The van der Waals surface area contributed by atoms with Gasteiger partial charge in [0, 0.05) is 51.6 Å². The topological polar surface area (TPSA) is 15.7 Å². The minimum atomic E-state index is -0.0897. The molecule has 168 valence electrons. The van der Waals surface area contributed by atoms with Crippen LogP contribution >= 0.6 is 0 Å². The molecular weight excluding hydrogens is 375 g/mol. The lowest BCUT2D eigenvalue weighted by atomic mass is 9.60. The first-order valence-corrected chi connectivity index (χ1v) is 12.1. The molecule has 30 heavy (non-hydrogen) atoms. The standard InChI is InChI=1S/C26H41FN2O/c1-25(2)16-21(17-26(3,4)19-25)23-15-22(27)5-6-24(23)29-11-9-28(10-12-29)18-20-7-13-30-14-8-20/h5-6,15,20-21H,7-14,16-19H2,1-4H3. The van der Waals surface area contributed by atoms with Crippen molar-refractivity contribution >= 4 is 5.69 Å². The van der Waals surface area contributed by atoms with Crippen molar-refractivity contribution in [3.05, 3.63) is 29.6 Å². The molecule has 0 spiro atoms. The van der Waals surface area contributed by atoms with Gasteiger partial charge >= 0.3 is 0 Å². The fraction of sp³-hybridized carbons (Fsp3) is 0.769. The SMILES string of the molecule is CC1(C)CC(c2cc(F)ccc2N2CCN(CC3CCOCC3)CC2)CC(C)(C)C1. The van der Waals surface area contributed by atoms with E-state index in [-0.39, 0.29) is 5.82 Å².